The first-order valence-electron chi connectivity index (χ1n) is 8.75. The van der Waals surface area contributed by atoms with E-state index in [1.165, 1.54) is 0 Å². The number of hydrogen-bond acceptors (Lipinski definition) is 6. The summed E-state index contributed by atoms with van der Waals surface area (Å²) in [5.41, 5.74) is -2.32. The highest BCUT2D eigenvalue weighted by Crippen LogP contribution is 2.31. The molecule has 0 aromatic carbocycles. The van der Waals surface area contributed by atoms with Crippen molar-refractivity contribution in [1.29, 1.82) is 0 Å². The third-order valence-corrected chi connectivity index (χ3v) is 3.59. The van der Waals surface area contributed by atoms with Crippen LogP contribution in [0.5, 0.6) is 0 Å². The molecule has 0 N–H and O–H groups in total. The summed E-state index contributed by atoms with van der Waals surface area (Å²) in [7, 11) is 0. The molecule has 152 valence electrons. The fraction of sp³-hybridized carbons (Fsp3) is 0.571. The first-order chi connectivity index (χ1) is 12.1. The van der Waals surface area contributed by atoms with Gasteiger partial charge in [-0.15, -0.1) is 0 Å². The molecular formula is C21H32O6. The van der Waals surface area contributed by atoms with Crippen LogP contribution in [0.4, 0.5) is 0 Å². The van der Waals surface area contributed by atoms with Crippen LogP contribution in [0.3, 0.4) is 0 Å². The van der Waals surface area contributed by atoms with Gasteiger partial charge in [0.15, 0.2) is 0 Å². The molecule has 0 radical (unpaired) electrons. The summed E-state index contributed by atoms with van der Waals surface area (Å²) >= 11 is 0. The van der Waals surface area contributed by atoms with Crippen molar-refractivity contribution in [3.63, 3.8) is 0 Å². The van der Waals surface area contributed by atoms with E-state index in [0.29, 0.717) is 12.8 Å². The second-order valence-electron chi connectivity index (χ2n) is 8.24. The Balaban J connectivity index is 5.25. The van der Waals surface area contributed by atoms with E-state index in [4.69, 9.17) is 14.2 Å². The molecule has 0 aliphatic carbocycles. The minimum Gasteiger partial charge on any atom is -0.457 e. The number of esters is 3. The zero-order chi connectivity index (χ0) is 21.5. The maximum Gasteiger partial charge on any atom is 0.334 e. The molecule has 0 aliphatic rings. The average molecular weight is 380 g/mol. The maximum atomic E-state index is 12.2. The average Bonchev–Trinajstić information content (AvgIpc) is 2.50. The highest BCUT2D eigenvalue weighted by atomic mass is 16.6. The van der Waals surface area contributed by atoms with E-state index in [-0.39, 0.29) is 12.0 Å². The standard InChI is InChI=1S/C21H32O6/c1-10-16(22)25-20(7,8)12-13-21(9,26-17(23)11-2)14-15(3)18(24)27-19(4,5)6/h10-11H,1-3,12-14H2,4-9H3. The molecule has 0 rings (SSSR count). The van der Waals surface area contributed by atoms with E-state index >= 15 is 0 Å². The molecule has 0 aromatic heterocycles. The summed E-state index contributed by atoms with van der Waals surface area (Å²) in [6.07, 6.45) is 2.92. The second-order valence-corrected chi connectivity index (χ2v) is 8.24. The van der Waals surface area contributed by atoms with Crippen molar-refractivity contribution in [2.24, 2.45) is 0 Å². The van der Waals surface area contributed by atoms with Crippen LogP contribution < -0.4 is 0 Å². The lowest BCUT2D eigenvalue weighted by Crippen LogP contribution is -2.37. The Morgan fingerprint density at radius 1 is 0.815 bits per heavy atom. The minimum atomic E-state index is -1.04. The zero-order valence-electron chi connectivity index (χ0n) is 17.3. The Morgan fingerprint density at radius 2 is 1.30 bits per heavy atom. The molecule has 0 saturated heterocycles. The van der Waals surface area contributed by atoms with Crippen LogP contribution in [0.2, 0.25) is 0 Å². The van der Waals surface area contributed by atoms with Gasteiger partial charge >= 0.3 is 17.9 Å². The largest absolute Gasteiger partial charge is 0.457 e. The predicted molar refractivity (Wildman–Crippen MR) is 104 cm³/mol. The Labute approximate surface area is 162 Å². The van der Waals surface area contributed by atoms with Crippen molar-refractivity contribution < 1.29 is 28.6 Å². The van der Waals surface area contributed by atoms with E-state index < -0.39 is 34.7 Å². The Morgan fingerprint density at radius 3 is 1.74 bits per heavy atom. The van der Waals surface area contributed by atoms with Crippen molar-refractivity contribution in [3.8, 4) is 0 Å². The van der Waals surface area contributed by atoms with Gasteiger partial charge in [0.25, 0.3) is 0 Å². The van der Waals surface area contributed by atoms with Crippen LogP contribution in [0.25, 0.3) is 0 Å². The molecule has 0 aromatic rings. The van der Waals surface area contributed by atoms with Crippen LogP contribution in [-0.4, -0.2) is 34.7 Å². The van der Waals surface area contributed by atoms with Crippen molar-refractivity contribution >= 4 is 17.9 Å². The van der Waals surface area contributed by atoms with Gasteiger partial charge < -0.3 is 14.2 Å². The Hall–Kier alpha value is -2.37. The summed E-state index contributed by atoms with van der Waals surface area (Å²) in [6.45, 7) is 21.0. The summed E-state index contributed by atoms with van der Waals surface area (Å²) in [6, 6.07) is 0. The lowest BCUT2D eigenvalue weighted by Gasteiger charge is -2.33. The van der Waals surface area contributed by atoms with Gasteiger partial charge in [-0.3, -0.25) is 0 Å². The van der Waals surface area contributed by atoms with Crippen molar-refractivity contribution in [3.05, 3.63) is 37.5 Å². The van der Waals surface area contributed by atoms with Crippen molar-refractivity contribution in [2.75, 3.05) is 0 Å². The van der Waals surface area contributed by atoms with E-state index in [0.717, 1.165) is 12.2 Å². The molecule has 0 aliphatic heterocycles. The lowest BCUT2D eigenvalue weighted by molar-refractivity contribution is -0.160. The SMILES string of the molecule is C=CC(=O)OC(C)(C)CCC(C)(CC(=C)C(=O)OC(C)(C)C)OC(=O)C=C. The topological polar surface area (TPSA) is 78.9 Å². The van der Waals surface area contributed by atoms with Crippen LogP contribution in [0, 0.1) is 0 Å². The molecule has 1 unspecified atom stereocenters. The molecule has 1 atom stereocenters. The maximum absolute atomic E-state index is 12.2. The predicted octanol–water partition coefficient (Wildman–Crippen LogP) is 4.05. The van der Waals surface area contributed by atoms with E-state index in [1.54, 1.807) is 41.5 Å². The molecular weight excluding hydrogens is 348 g/mol. The zero-order valence-corrected chi connectivity index (χ0v) is 17.3. The van der Waals surface area contributed by atoms with Crippen LogP contribution in [0.15, 0.2) is 37.5 Å². The first kappa shape index (κ1) is 24.6. The monoisotopic (exact) mass is 380 g/mol. The lowest BCUT2D eigenvalue weighted by atomic mass is 9.87. The molecule has 0 amide bonds. The molecule has 0 saturated carbocycles. The van der Waals surface area contributed by atoms with E-state index in [1.807, 2.05) is 0 Å². The van der Waals surface area contributed by atoms with Gasteiger partial charge in [0.2, 0.25) is 0 Å². The number of ether oxygens (including phenoxy) is 3. The highest BCUT2D eigenvalue weighted by molar-refractivity contribution is 5.88. The van der Waals surface area contributed by atoms with Gasteiger partial charge in [-0.05, 0) is 54.4 Å². The summed E-state index contributed by atoms with van der Waals surface area (Å²) in [5.74, 6) is -1.71. The van der Waals surface area contributed by atoms with Gasteiger partial charge in [-0.1, -0.05) is 19.7 Å². The quantitative estimate of drug-likeness (QED) is 0.323. The number of rotatable bonds is 10. The van der Waals surface area contributed by atoms with Crippen LogP contribution >= 0.6 is 0 Å². The van der Waals surface area contributed by atoms with Gasteiger partial charge in [0.05, 0.1) is 0 Å². The van der Waals surface area contributed by atoms with E-state index in [9.17, 15) is 14.4 Å². The first-order valence-corrected chi connectivity index (χ1v) is 8.75. The Bertz CT molecular complexity index is 609. The number of hydrogen-bond donors (Lipinski definition) is 0. The fourth-order valence-corrected chi connectivity index (χ4v) is 2.26. The fourth-order valence-electron chi connectivity index (χ4n) is 2.26. The van der Waals surface area contributed by atoms with Gasteiger partial charge in [-0.25, -0.2) is 14.4 Å². The summed E-state index contributed by atoms with van der Waals surface area (Å²) < 4.78 is 16.1. The van der Waals surface area contributed by atoms with Gasteiger partial charge in [0, 0.05) is 24.1 Å². The normalized spacial score (nSPS) is 13.7. The molecule has 6 heteroatoms. The van der Waals surface area contributed by atoms with E-state index in [2.05, 4.69) is 19.7 Å². The van der Waals surface area contributed by atoms with Crippen LogP contribution in [-0.2, 0) is 28.6 Å². The number of carbonyl (C=O) groups is 3. The summed E-state index contributed by atoms with van der Waals surface area (Å²) in [5, 5.41) is 0. The van der Waals surface area contributed by atoms with Gasteiger partial charge in [-0.2, -0.15) is 0 Å². The van der Waals surface area contributed by atoms with Crippen molar-refractivity contribution in [2.45, 2.75) is 77.6 Å². The molecule has 27 heavy (non-hydrogen) atoms. The van der Waals surface area contributed by atoms with Crippen LogP contribution in [0.1, 0.15) is 60.8 Å². The molecule has 0 spiro atoms. The summed E-state index contributed by atoms with van der Waals surface area (Å²) in [4.78, 5) is 35.4. The Kier molecular flexibility index (Phi) is 8.70. The minimum absolute atomic E-state index is 0.0764. The highest BCUT2D eigenvalue weighted by Gasteiger charge is 2.35. The molecule has 0 bridgehead atoms. The third-order valence-electron chi connectivity index (χ3n) is 3.59. The number of carbonyl (C=O) groups excluding carboxylic acids is 3. The second kappa shape index (κ2) is 9.53. The van der Waals surface area contributed by atoms with Gasteiger partial charge in [0.1, 0.15) is 16.8 Å². The molecule has 0 fully saturated rings. The third kappa shape index (κ3) is 10.4. The molecule has 0 heterocycles. The molecule has 6 nitrogen and oxygen atoms in total. The smallest absolute Gasteiger partial charge is 0.334 e. The van der Waals surface area contributed by atoms with Crippen molar-refractivity contribution in [1.82, 2.24) is 0 Å².